The summed E-state index contributed by atoms with van der Waals surface area (Å²) in [5.41, 5.74) is 6.23. The van der Waals surface area contributed by atoms with E-state index in [4.69, 9.17) is 10.5 Å². The molecule has 1 aliphatic rings. The molecule has 2 N–H and O–H groups in total. The molecule has 0 saturated heterocycles. The van der Waals surface area contributed by atoms with Gasteiger partial charge in [0.25, 0.3) is 0 Å². The van der Waals surface area contributed by atoms with Crippen molar-refractivity contribution in [1.29, 1.82) is 0 Å². The zero-order chi connectivity index (χ0) is 11.8. The van der Waals surface area contributed by atoms with Gasteiger partial charge in [-0.2, -0.15) is 0 Å². The molecule has 0 atom stereocenters. The zero-order valence-corrected chi connectivity index (χ0v) is 9.22. The third-order valence-electron chi connectivity index (χ3n) is 3.18. The molecule has 1 aromatic rings. The topological polar surface area (TPSA) is 35.2 Å². The highest BCUT2D eigenvalue weighted by atomic mass is 19.2. The van der Waals surface area contributed by atoms with Crippen LogP contribution >= 0.6 is 0 Å². The van der Waals surface area contributed by atoms with E-state index >= 15 is 0 Å². The van der Waals surface area contributed by atoms with Gasteiger partial charge in [0.05, 0.1) is 6.61 Å². The Balaban J connectivity index is 2.42. The molecule has 0 amide bonds. The van der Waals surface area contributed by atoms with E-state index in [0.717, 1.165) is 12.5 Å². The van der Waals surface area contributed by atoms with Crippen molar-refractivity contribution in [3.05, 3.63) is 34.9 Å². The third-order valence-corrected chi connectivity index (χ3v) is 3.18. The molecule has 2 rings (SSSR count). The lowest BCUT2D eigenvalue weighted by Gasteiger charge is -2.39. The molecule has 0 unspecified atom stereocenters. The summed E-state index contributed by atoms with van der Waals surface area (Å²) in [7, 11) is 1.52. The summed E-state index contributed by atoms with van der Waals surface area (Å²) in [6.07, 6.45) is 2.38. The number of benzene rings is 1. The molecule has 2 nitrogen and oxygen atoms in total. The van der Waals surface area contributed by atoms with Crippen molar-refractivity contribution >= 4 is 0 Å². The van der Waals surface area contributed by atoms with E-state index in [1.165, 1.54) is 7.11 Å². The van der Waals surface area contributed by atoms with Crippen LogP contribution in [0.15, 0.2) is 12.1 Å². The molecular weight excluding hydrogens is 212 g/mol. The van der Waals surface area contributed by atoms with E-state index in [-0.39, 0.29) is 12.2 Å². The largest absolute Gasteiger partial charge is 0.380 e. The first kappa shape index (κ1) is 11.5. The summed E-state index contributed by atoms with van der Waals surface area (Å²) in [5.74, 6) is -1.66. The van der Waals surface area contributed by atoms with Crippen LogP contribution in [0.25, 0.3) is 0 Å². The van der Waals surface area contributed by atoms with E-state index in [1.807, 2.05) is 0 Å². The lowest BCUT2D eigenvalue weighted by Crippen LogP contribution is -2.44. The number of hydrogen-bond donors (Lipinski definition) is 1. The van der Waals surface area contributed by atoms with E-state index in [1.54, 1.807) is 6.07 Å². The minimum absolute atomic E-state index is 0.264. The fraction of sp³-hybridized carbons (Fsp3) is 0.500. The van der Waals surface area contributed by atoms with Gasteiger partial charge in [0.2, 0.25) is 0 Å². The molecule has 0 bridgehead atoms. The first-order valence-electron chi connectivity index (χ1n) is 5.33. The maximum atomic E-state index is 13.6. The molecule has 1 aromatic carbocycles. The normalized spacial score (nSPS) is 18.2. The molecule has 0 radical (unpaired) electrons. The summed E-state index contributed by atoms with van der Waals surface area (Å²) >= 11 is 0. The van der Waals surface area contributed by atoms with Crippen molar-refractivity contribution in [3.63, 3.8) is 0 Å². The third kappa shape index (κ3) is 1.83. The predicted octanol–water partition coefficient (Wildman–Crippen LogP) is 2.45. The van der Waals surface area contributed by atoms with Gasteiger partial charge in [-0.15, -0.1) is 0 Å². The van der Waals surface area contributed by atoms with Gasteiger partial charge in [0.1, 0.15) is 0 Å². The SMILES string of the molecule is COCc1cc(F)c(F)c(C2(N)CCC2)c1. The molecule has 0 aromatic heterocycles. The van der Waals surface area contributed by atoms with E-state index < -0.39 is 17.2 Å². The van der Waals surface area contributed by atoms with Crippen LogP contribution in [-0.2, 0) is 16.9 Å². The summed E-state index contributed by atoms with van der Waals surface area (Å²) < 4.78 is 31.9. The number of halogens is 2. The number of ether oxygens (including phenoxy) is 1. The van der Waals surface area contributed by atoms with Gasteiger partial charge in [-0.3, -0.25) is 0 Å². The highest BCUT2D eigenvalue weighted by Crippen LogP contribution is 2.40. The Labute approximate surface area is 93.4 Å². The van der Waals surface area contributed by atoms with Gasteiger partial charge >= 0.3 is 0 Å². The van der Waals surface area contributed by atoms with Crippen LogP contribution in [0.4, 0.5) is 8.78 Å². The molecule has 0 aliphatic heterocycles. The fourth-order valence-electron chi connectivity index (χ4n) is 2.08. The Hall–Kier alpha value is -1.00. The molecule has 16 heavy (non-hydrogen) atoms. The van der Waals surface area contributed by atoms with Crippen molar-refractivity contribution in [2.24, 2.45) is 5.73 Å². The van der Waals surface area contributed by atoms with E-state index in [9.17, 15) is 8.78 Å². The average molecular weight is 227 g/mol. The van der Waals surface area contributed by atoms with Gasteiger partial charge in [-0.1, -0.05) is 0 Å². The minimum Gasteiger partial charge on any atom is -0.380 e. The van der Waals surface area contributed by atoms with Gasteiger partial charge in [0, 0.05) is 18.2 Å². The highest BCUT2D eigenvalue weighted by molar-refractivity contribution is 5.33. The Kier molecular flexibility index (Phi) is 2.95. The molecule has 1 aliphatic carbocycles. The quantitative estimate of drug-likeness (QED) is 0.860. The van der Waals surface area contributed by atoms with Crippen molar-refractivity contribution in [1.82, 2.24) is 0 Å². The van der Waals surface area contributed by atoms with Crippen LogP contribution in [0.1, 0.15) is 30.4 Å². The monoisotopic (exact) mass is 227 g/mol. The van der Waals surface area contributed by atoms with Crippen molar-refractivity contribution in [2.75, 3.05) is 7.11 Å². The molecule has 0 spiro atoms. The number of nitrogens with two attached hydrogens (primary N) is 1. The Bertz CT molecular complexity index is 402. The molecular formula is C12H15F2NO. The van der Waals surface area contributed by atoms with Crippen LogP contribution in [0.2, 0.25) is 0 Å². The summed E-state index contributed by atoms with van der Waals surface area (Å²) in [4.78, 5) is 0. The maximum absolute atomic E-state index is 13.6. The fourth-order valence-corrected chi connectivity index (χ4v) is 2.08. The van der Waals surface area contributed by atoms with E-state index in [2.05, 4.69) is 0 Å². The molecule has 4 heteroatoms. The molecule has 88 valence electrons. The van der Waals surface area contributed by atoms with Crippen LogP contribution in [0.5, 0.6) is 0 Å². The van der Waals surface area contributed by atoms with Crippen LogP contribution < -0.4 is 5.73 Å². The molecule has 1 fully saturated rings. The second kappa shape index (κ2) is 4.11. The standard InChI is InChI=1S/C12H15F2NO/c1-16-7-8-5-9(11(14)10(13)6-8)12(15)3-2-4-12/h5-6H,2-4,7,15H2,1H3. The van der Waals surface area contributed by atoms with E-state index in [0.29, 0.717) is 18.4 Å². The zero-order valence-electron chi connectivity index (χ0n) is 9.22. The van der Waals surface area contributed by atoms with Gasteiger partial charge in [-0.25, -0.2) is 8.78 Å². The van der Waals surface area contributed by atoms with Crippen LogP contribution in [-0.4, -0.2) is 7.11 Å². The van der Waals surface area contributed by atoms with Gasteiger partial charge < -0.3 is 10.5 Å². The van der Waals surface area contributed by atoms with Gasteiger partial charge in [-0.05, 0) is 37.0 Å². The number of rotatable bonds is 3. The summed E-state index contributed by atoms with van der Waals surface area (Å²) in [6.45, 7) is 0.264. The summed E-state index contributed by atoms with van der Waals surface area (Å²) in [6, 6.07) is 2.77. The first-order valence-corrected chi connectivity index (χ1v) is 5.33. The van der Waals surface area contributed by atoms with Crippen LogP contribution in [0.3, 0.4) is 0 Å². The smallest absolute Gasteiger partial charge is 0.163 e. The van der Waals surface area contributed by atoms with Crippen LogP contribution in [0, 0.1) is 11.6 Å². The van der Waals surface area contributed by atoms with Crippen molar-refractivity contribution in [3.8, 4) is 0 Å². The summed E-state index contributed by atoms with van der Waals surface area (Å²) in [5, 5.41) is 0. The Morgan fingerprint density at radius 2 is 2.06 bits per heavy atom. The number of hydrogen-bond acceptors (Lipinski definition) is 2. The predicted molar refractivity (Wildman–Crippen MR) is 56.8 cm³/mol. The lowest BCUT2D eigenvalue weighted by atomic mass is 9.72. The van der Waals surface area contributed by atoms with Gasteiger partial charge in [0.15, 0.2) is 11.6 Å². The second-order valence-electron chi connectivity index (χ2n) is 4.38. The maximum Gasteiger partial charge on any atom is 0.163 e. The average Bonchev–Trinajstić information content (AvgIpc) is 2.20. The molecule has 1 saturated carbocycles. The highest BCUT2D eigenvalue weighted by Gasteiger charge is 2.37. The first-order chi connectivity index (χ1) is 7.57. The van der Waals surface area contributed by atoms with Crippen molar-refractivity contribution in [2.45, 2.75) is 31.4 Å². The Morgan fingerprint density at radius 3 is 2.56 bits per heavy atom. The Morgan fingerprint density at radius 1 is 1.38 bits per heavy atom. The van der Waals surface area contributed by atoms with Crippen molar-refractivity contribution < 1.29 is 13.5 Å². The second-order valence-corrected chi connectivity index (χ2v) is 4.38. The minimum atomic E-state index is -0.846. The lowest BCUT2D eigenvalue weighted by molar-refractivity contribution is 0.183. The molecule has 0 heterocycles. The number of methoxy groups -OCH3 is 1.